The molecule has 0 atom stereocenters. The highest BCUT2D eigenvalue weighted by molar-refractivity contribution is 5.58. The predicted octanol–water partition coefficient (Wildman–Crippen LogP) is 3.18. The van der Waals surface area contributed by atoms with Crippen molar-refractivity contribution in [2.75, 3.05) is 11.9 Å². The van der Waals surface area contributed by atoms with E-state index >= 15 is 0 Å². The van der Waals surface area contributed by atoms with Crippen LogP contribution in [0.2, 0.25) is 0 Å². The smallest absolute Gasteiger partial charge is 0.0994 e. The number of nitrogens with one attached hydrogen (secondary N) is 1. The van der Waals surface area contributed by atoms with Crippen LogP contribution >= 0.6 is 0 Å². The Morgan fingerprint density at radius 1 is 1.39 bits per heavy atom. The molecule has 0 unspecified atom stereocenters. The first-order valence-corrected chi connectivity index (χ1v) is 6.77. The van der Waals surface area contributed by atoms with E-state index in [2.05, 4.69) is 40.0 Å². The number of aryl methyl sites for hydroxylation is 2. The molecule has 0 radical (unpaired) electrons. The number of imidazole rings is 1. The van der Waals surface area contributed by atoms with Crippen molar-refractivity contribution in [1.29, 1.82) is 0 Å². The summed E-state index contributed by atoms with van der Waals surface area (Å²) >= 11 is 0. The molecule has 1 aromatic heterocycles. The van der Waals surface area contributed by atoms with Gasteiger partial charge in [0.05, 0.1) is 6.33 Å². The zero-order chi connectivity index (χ0) is 12.4. The molecule has 0 bridgehead atoms. The maximum absolute atomic E-state index is 4.27. The lowest BCUT2D eigenvalue weighted by Gasteiger charge is -2.19. The first kappa shape index (κ1) is 11.3. The second-order valence-corrected chi connectivity index (χ2v) is 4.88. The average molecular weight is 241 g/mol. The number of benzene rings is 1. The van der Waals surface area contributed by atoms with Crippen LogP contribution in [0.4, 0.5) is 5.69 Å². The van der Waals surface area contributed by atoms with Crippen LogP contribution in [0.15, 0.2) is 30.7 Å². The summed E-state index contributed by atoms with van der Waals surface area (Å²) in [5.74, 6) is 0. The van der Waals surface area contributed by atoms with Crippen molar-refractivity contribution in [3.8, 4) is 5.69 Å². The van der Waals surface area contributed by atoms with Crippen LogP contribution in [0.1, 0.15) is 31.0 Å². The summed E-state index contributed by atoms with van der Waals surface area (Å²) in [5.41, 5.74) is 5.22. The van der Waals surface area contributed by atoms with E-state index in [0.29, 0.717) is 0 Å². The van der Waals surface area contributed by atoms with E-state index in [1.54, 1.807) is 0 Å². The van der Waals surface area contributed by atoms with Crippen molar-refractivity contribution < 1.29 is 0 Å². The second kappa shape index (κ2) is 4.84. The molecule has 2 aromatic rings. The molecule has 18 heavy (non-hydrogen) atoms. The van der Waals surface area contributed by atoms with Crippen LogP contribution in [0.3, 0.4) is 0 Å². The van der Waals surface area contributed by atoms with Gasteiger partial charge in [-0.3, -0.25) is 0 Å². The van der Waals surface area contributed by atoms with Crippen molar-refractivity contribution in [1.82, 2.24) is 9.55 Å². The van der Waals surface area contributed by atoms with Gasteiger partial charge in [0.2, 0.25) is 0 Å². The highest BCUT2D eigenvalue weighted by atomic mass is 15.1. The highest BCUT2D eigenvalue weighted by Crippen LogP contribution is 2.25. The van der Waals surface area contributed by atoms with Gasteiger partial charge >= 0.3 is 0 Å². The minimum absolute atomic E-state index is 1.07. The van der Waals surface area contributed by atoms with E-state index in [1.807, 2.05) is 12.5 Å². The molecule has 1 aliphatic heterocycles. The van der Waals surface area contributed by atoms with Gasteiger partial charge in [-0.2, -0.15) is 0 Å². The van der Waals surface area contributed by atoms with E-state index < -0.39 is 0 Å². The third kappa shape index (κ3) is 2.01. The maximum Gasteiger partial charge on any atom is 0.0994 e. The normalized spacial score (nSPS) is 14.1. The molecule has 0 amide bonds. The quantitative estimate of drug-likeness (QED) is 0.894. The van der Waals surface area contributed by atoms with Gasteiger partial charge in [-0.15, -0.1) is 0 Å². The first-order valence-electron chi connectivity index (χ1n) is 6.77. The Morgan fingerprint density at radius 3 is 3.22 bits per heavy atom. The highest BCUT2D eigenvalue weighted by Gasteiger charge is 2.10. The predicted molar refractivity (Wildman–Crippen MR) is 74.4 cm³/mol. The standard InChI is InChI=1S/C15H19N3/c1-2-4-14-10-16-11-18(14)13-7-6-12-5-3-8-17-15(12)9-13/h6-7,9-11,17H,2-5,8H2,1H3. The van der Waals surface area contributed by atoms with Crippen LogP contribution < -0.4 is 5.32 Å². The van der Waals surface area contributed by atoms with Gasteiger partial charge in [-0.1, -0.05) is 19.4 Å². The Balaban J connectivity index is 1.98. The molecule has 0 saturated heterocycles. The summed E-state index contributed by atoms with van der Waals surface area (Å²) in [5, 5.41) is 3.48. The number of aromatic nitrogens is 2. The zero-order valence-electron chi connectivity index (χ0n) is 10.8. The summed E-state index contributed by atoms with van der Waals surface area (Å²) in [4.78, 5) is 4.27. The Kier molecular flexibility index (Phi) is 3.05. The zero-order valence-corrected chi connectivity index (χ0v) is 10.8. The molecule has 0 fully saturated rings. The molecule has 1 aliphatic rings. The summed E-state index contributed by atoms with van der Waals surface area (Å²) in [6.07, 6.45) is 8.53. The first-order chi connectivity index (χ1) is 8.88. The van der Waals surface area contributed by atoms with Crippen LogP contribution in [0.5, 0.6) is 0 Å². The molecular weight excluding hydrogens is 222 g/mol. The van der Waals surface area contributed by atoms with Crippen molar-refractivity contribution in [3.63, 3.8) is 0 Å². The van der Waals surface area contributed by atoms with Crippen molar-refractivity contribution >= 4 is 5.69 Å². The lowest BCUT2D eigenvalue weighted by atomic mass is 10.0. The minimum Gasteiger partial charge on any atom is -0.385 e. The molecule has 1 N–H and O–H groups in total. The lowest BCUT2D eigenvalue weighted by Crippen LogP contribution is -2.12. The SMILES string of the molecule is CCCc1cncn1-c1ccc2c(c1)NCCC2. The third-order valence-corrected chi connectivity index (χ3v) is 3.53. The van der Waals surface area contributed by atoms with Gasteiger partial charge in [-0.05, 0) is 37.0 Å². The molecule has 2 heterocycles. The molecule has 94 valence electrons. The molecule has 0 spiro atoms. The van der Waals surface area contributed by atoms with Crippen LogP contribution in [0.25, 0.3) is 5.69 Å². The average Bonchev–Trinajstić information content (AvgIpc) is 2.87. The van der Waals surface area contributed by atoms with E-state index in [1.165, 1.54) is 35.5 Å². The molecule has 3 nitrogen and oxygen atoms in total. The van der Waals surface area contributed by atoms with Crippen LogP contribution in [-0.4, -0.2) is 16.1 Å². The number of hydrogen-bond acceptors (Lipinski definition) is 2. The van der Waals surface area contributed by atoms with Crippen molar-refractivity contribution in [3.05, 3.63) is 42.0 Å². The monoisotopic (exact) mass is 241 g/mol. The van der Waals surface area contributed by atoms with E-state index in [4.69, 9.17) is 0 Å². The number of fused-ring (bicyclic) bond motifs is 1. The van der Waals surface area contributed by atoms with Gasteiger partial charge in [0.25, 0.3) is 0 Å². The maximum atomic E-state index is 4.27. The van der Waals surface area contributed by atoms with Crippen LogP contribution in [-0.2, 0) is 12.8 Å². The van der Waals surface area contributed by atoms with E-state index in [0.717, 1.165) is 19.4 Å². The fourth-order valence-electron chi connectivity index (χ4n) is 2.59. The summed E-state index contributed by atoms with van der Waals surface area (Å²) < 4.78 is 2.19. The van der Waals surface area contributed by atoms with E-state index in [-0.39, 0.29) is 0 Å². The van der Waals surface area contributed by atoms with Crippen molar-refractivity contribution in [2.24, 2.45) is 0 Å². The van der Waals surface area contributed by atoms with Crippen LogP contribution in [0, 0.1) is 0 Å². The molecule has 0 saturated carbocycles. The third-order valence-electron chi connectivity index (χ3n) is 3.53. The Hall–Kier alpha value is -1.77. The molecule has 3 heteroatoms. The lowest BCUT2D eigenvalue weighted by molar-refractivity contribution is 0.822. The fraction of sp³-hybridized carbons (Fsp3) is 0.400. The van der Waals surface area contributed by atoms with Gasteiger partial charge in [0.1, 0.15) is 0 Å². The largest absolute Gasteiger partial charge is 0.385 e. The number of nitrogens with zero attached hydrogens (tertiary/aromatic N) is 2. The van der Waals surface area contributed by atoms with Crippen molar-refractivity contribution in [2.45, 2.75) is 32.6 Å². The summed E-state index contributed by atoms with van der Waals surface area (Å²) in [6, 6.07) is 6.69. The summed E-state index contributed by atoms with van der Waals surface area (Å²) in [7, 11) is 0. The molecule has 1 aromatic carbocycles. The number of rotatable bonds is 3. The Bertz CT molecular complexity index is 542. The number of hydrogen-bond donors (Lipinski definition) is 1. The van der Waals surface area contributed by atoms with Gasteiger partial charge in [-0.25, -0.2) is 4.98 Å². The van der Waals surface area contributed by atoms with Gasteiger partial charge in [0.15, 0.2) is 0 Å². The Morgan fingerprint density at radius 2 is 2.33 bits per heavy atom. The fourth-order valence-corrected chi connectivity index (χ4v) is 2.59. The van der Waals surface area contributed by atoms with Gasteiger partial charge in [0, 0.05) is 29.8 Å². The molecular formula is C15H19N3. The molecule has 0 aliphatic carbocycles. The minimum atomic E-state index is 1.07. The topological polar surface area (TPSA) is 29.9 Å². The van der Waals surface area contributed by atoms with Gasteiger partial charge < -0.3 is 9.88 Å². The molecule has 3 rings (SSSR count). The summed E-state index contributed by atoms with van der Waals surface area (Å²) in [6.45, 7) is 3.29. The van der Waals surface area contributed by atoms with E-state index in [9.17, 15) is 0 Å². The second-order valence-electron chi connectivity index (χ2n) is 4.88. The Labute approximate surface area is 108 Å². The number of anilines is 1.